The number of unbranched alkanes of at least 4 members (excludes halogenated alkanes) is 1. The number of halogens is 2. The summed E-state index contributed by atoms with van der Waals surface area (Å²) < 4.78 is 23.5. The molecule has 4 heteroatoms. The minimum absolute atomic E-state index is 0.0903. The Labute approximate surface area is 288 Å². The molecule has 1 aliphatic heterocycles. The number of alkyl halides is 2. The van der Waals surface area contributed by atoms with Crippen LogP contribution in [0.15, 0.2) is 92.7 Å². The molecule has 0 atom stereocenters. The van der Waals surface area contributed by atoms with Crippen molar-refractivity contribution in [1.29, 1.82) is 0 Å². The second-order valence-corrected chi connectivity index (χ2v) is 13.0. The van der Waals surface area contributed by atoms with Gasteiger partial charge in [0.25, 0.3) is 5.92 Å². The fraction of sp³-hybridized carbons (Fsp3) is 0.535. The van der Waals surface area contributed by atoms with Gasteiger partial charge in [0.05, 0.1) is 0 Å². The van der Waals surface area contributed by atoms with Crippen LogP contribution in [-0.2, 0) is 12.8 Å². The summed E-state index contributed by atoms with van der Waals surface area (Å²) in [5, 5.41) is 0. The van der Waals surface area contributed by atoms with Crippen molar-refractivity contribution in [2.75, 3.05) is 19.6 Å². The van der Waals surface area contributed by atoms with Gasteiger partial charge in [0.1, 0.15) is 0 Å². The summed E-state index contributed by atoms with van der Waals surface area (Å²) in [5.41, 5.74) is 12.9. The number of aryl methyl sites for hydroxylation is 3. The van der Waals surface area contributed by atoms with Gasteiger partial charge in [0, 0.05) is 12.6 Å². The number of nitrogens with zero attached hydrogens (tertiary/aromatic N) is 1. The van der Waals surface area contributed by atoms with Crippen LogP contribution in [0.25, 0.3) is 5.57 Å². The highest BCUT2D eigenvalue weighted by atomic mass is 19.3. The van der Waals surface area contributed by atoms with Gasteiger partial charge in [-0.15, -0.1) is 13.2 Å². The fourth-order valence-electron chi connectivity index (χ4n) is 4.98. The molecule has 1 heterocycles. The lowest BCUT2D eigenvalue weighted by atomic mass is 9.84. The minimum atomic E-state index is -2.69. The van der Waals surface area contributed by atoms with Crippen molar-refractivity contribution < 1.29 is 8.78 Å². The van der Waals surface area contributed by atoms with Crippen LogP contribution in [0.2, 0.25) is 0 Å². The summed E-state index contributed by atoms with van der Waals surface area (Å²) in [7, 11) is 0. The highest BCUT2D eigenvalue weighted by Gasteiger charge is 2.20. The molecule has 2 nitrogen and oxygen atoms in total. The average Bonchev–Trinajstić information content (AvgIpc) is 3.55. The molecule has 0 amide bonds. The van der Waals surface area contributed by atoms with E-state index in [1.165, 1.54) is 106 Å². The van der Waals surface area contributed by atoms with Gasteiger partial charge >= 0.3 is 0 Å². The topological polar surface area (TPSA) is 29.3 Å². The first-order valence-electron chi connectivity index (χ1n) is 17.9. The molecule has 2 fully saturated rings. The zero-order valence-electron chi connectivity index (χ0n) is 30.8. The van der Waals surface area contributed by atoms with Crippen LogP contribution in [0.1, 0.15) is 121 Å². The van der Waals surface area contributed by atoms with Crippen molar-refractivity contribution in [3.63, 3.8) is 0 Å². The molecular formula is C43H68F2N2. The van der Waals surface area contributed by atoms with Crippen molar-refractivity contribution in [3.05, 3.63) is 115 Å². The molecule has 0 aromatic heterocycles. The minimum Gasteiger partial charge on any atom is -0.403 e. The smallest absolute Gasteiger partial charge is 0.266 e. The molecule has 2 aromatic carbocycles. The van der Waals surface area contributed by atoms with Gasteiger partial charge < -0.3 is 10.6 Å². The third kappa shape index (κ3) is 22.3. The molecule has 0 radical (unpaired) electrons. The molecule has 2 aliphatic rings. The molecule has 2 N–H and O–H groups in total. The van der Waals surface area contributed by atoms with Gasteiger partial charge in [-0.1, -0.05) is 113 Å². The largest absolute Gasteiger partial charge is 0.403 e. The van der Waals surface area contributed by atoms with Crippen molar-refractivity contribution in [1.82, 2.24) is 4.90 Å². The number of rotatable bonds is 13. The van der Waals surface area contributed by atoms with Gasteiger partial charge in [-0.2, -0.15) is 0 Å². The summed E-state index contributed by atoms with van der Waals surface area (Å²) in [6, 6.07) is 17.7. The van der Waals surface area contributed by atoms with Gasteiger partial charge in [0.15, 0.2) is 0 Å². The van der Waals surface area contributed by atoms with Crippen molar-refractivity contribution >= 4 is 5.57 Å². The lowest BCUT2D eigenvalue weighted by Crippen LogP contribution is -2.20. The van der Waals surface area contributed by atoms with Crippen LogP contribution >= 0.6 is 0 Å². The maximum Gasteiger partial charge on any atom is 0.266 e. The standard InChI is InChI=1S/C16H23N.C14H21N.C6H12.C5H8F2.C2H4/c1-4-15-9-11-16(12-10-15)13(2)7-5-6-8-14(3)17;1-13-6-8-14(9-7-13)5-4-12-15-10-2-3-11-15;1-2-6-4-3-5-6;1-4(2)5(3,6)7;1-2/h9-12H,2-8,17H2,1H3;6-9H,2-5,10-12H2,1H3;6H,2-5H2,1H3;1H2,2-3H3;1-2H2. The molecule has 1 saturated heterocycles. The molecule has 1 aliphatic carbocycles. The van der Waals surface area contributed by atoms with E-state index in [0.29, 0.717) is 0 Å². The lowest BCUT2D eigenvalue weighted by Gasteiger charge is -2.22. The summed E-state index contributed by atoms with van der Waals surface area (Å²) in [5.74, 6) is -1.58. The van der Waals surface area contributed by atoms with Gasteiger partial charge in [0.2, 0.25) is 0 Å². The monoisotopic (exact) mass is 651 g/mol. The first-order valence-corrected chi connectivity index (χ1v) is 17.9. The molecule has 0 spiro atoms. The number of hydrogen-bond acceptors (Lipinski definition) is 2. The first-order chi connectivity index (χ1) is 22.3. The molecule has 0 bridgehead atoms. The van der Waals surface area contributed by atoms with E-state index < -0.39 is 5.92 Å². The lowest BCUT2D eigenvalue weighted by molar-refractivity contribution is 0.0641. The SMILES string of the molecule is C=C.C=C(C)C(C)(F)F.C=C(N)CCCCC(=C)c1ccc(CC)cc1.CCC1CCC1.Cc1ccc(CCCN2CCCC2)cc1. The second kappa shape index (κ2) is 26.0. The maximum atomic E-state index is 11.7. The van der Waals surface area contributed by atoms with Gasteiger partial charge in [-0.25, -0.2) is 8.78 Å². The number of likely N-dealkylation sites (tertiary alicyclic amines) is 1. The van der Waals surface area contributed by atoms with Crippen LogP contribution in [0.5, 0.6) is 0 Å². The Morgan fingerprint density at radius 3 is 1.74 bits per heavy atom. The molecule has 0 unspecified atom stereocenters. The number of nitrogens with two attached hydrogens (primary N) is 1. The first kappa shape index (κ1) is 44.0. The highest BCUT2D eigenvalue weighted by Crippen LogP contribution is 2.28. The van der Waals surface area contributed by atoms with Crippen LogP contribution in [0.4, 0.5) is 8.78 Å². The van der Waals surface area contributed by atoms with E-state index in [2.05, 4.69) is 107 Å². The van der Waals surface area contributed by atoms with E-state index in [4.69, 9.17) is 5.73 Å². The van der Waals surface area contributed by atoms with E-state index >= 15 is 0 Å². The number of allylic oxidation sites excluding steroid dienone is 3. The average molecular weight is 651 g/mol. The molecule has 4 rings (SSSR count). The summed E-state index contributed by atoms with van der Waals surface area (Å²) in [4.78, 5) is 2.59. The predicted octanol–water partition coefficient (Wildman–Crippen LogP) is 12.5. The van der Waals surface area contributed by atoms with Crippen LogP contribution in [0.3, 0.4) is 0 Å². The van der Waals surface area contributed by atoms with E-state index in [1.54, 1.807) is 0 Å². The Bertz CT molecular complexity index is 1100. The Hall–Kier alpha value is -2.98. The second-order valence-electron chi connectivity index (χ2n) is 13.0. The maximum absolute atomic E-state index is 11.7. The van der Waals surface area contributed by atoms with Gasteiger partial charge in [-0.3, -0.25) is 0 Å². The molecular weight excluding hydrogens is 582 g/mol. The van der Waals surface area contributed by atoms with Gasteiger partial charge in [-0.05, 0) is 125 Å². The number of hydrogen-bond donors (Lipinski definition) is 1. The highest BCUT2D eigenvalue weighted by molar-refractivity contribution is 5.63. The van der Waals surface area contributed by atoms with E-state index in [0.717, 1.165) is 50.6 Å². The molecule has 2 aromatic rings. The van der Waals surface area contributed by atoms with E-state index in [9.17, 15) is 8.78 Å². The summed E-state index contributed by atoms with van der Waals surface area (Å²) in [6.45, 7) is 29.6. The van der Waals surface area contributed by atoms with Crippen LogP contribution in [0, 0.1) is 12.8 Å². The molecule has 47 heavy (non-hydrogen) atoms. The Balaban J connectivity index is 0.000000637. The zero-order chi connectivity index (χ0) is 35.7. The third-order valence-electron chi connectivity index (χ3n) is 8.81. The number of benzene rings is 2. The summed E-state index contributed by atoms with van der Waals surface area (Å²) in [6.07, 6.45) is 16.6. The zero-order valence-corrected chi connectivity index (χ0v) is 30.8. The molecule has 264 valence electrons. The van der Waals surface area contributed by atoms with Crippen LogP contribution < -0.4 is 5.73 Å². The fourth-order valence-corrected chi connectivity index (χ4v) is 4.98. The molecule has 1 saturated carbocycles. The Morgan fingerprint density at radius 1 is 0.830 bits per heavy atom. The summed E-state index contributed by atoms with van der Waals surface area (Å²) >= 11 is 0. The van der Waals surface area contributed by atoms with Crippen molar-refractivity contribution in [3.8, 4) is 0 Å². The quantitative estimate of drug-likeness (QED) is 0.173. The van der Waals surface area contributed by atoms with E-state index in [-0.39, 0.29) is 5.57 Å². The van der Waals surface area contributed by atoms with Crippen LogP contribution in [-0.4, -0.2) is 30.5 Å². The normalized spacial score (nSPS) is 13.9. The predicted molar refractivity (Wildman–Crippen MR) is 206 cm³/mol. The van der Waals surface area contributed by atoms with Crippen molar-refractivity contribution in [2.45, 2.75) is 124 Å². The Morgan fingerprint density at radius 2 is 1.34 bits per heavy atom. The van der Waals surface area contributed by atoms with Crippen molar-refractivity contribution in [2.24, 2.45) is 11.7 Å². The van der Waals surface area contributed by atoms with E-state index in [1.807, 2.05) is 0 Å². The Kier molecular flexibility index (Phi) is 24.4. The third-order valence-corrected chi connectivity index (χ3v) is 8.81.